The van der Waals surface area contributed by atoms with Gasteiger partial charge in [0.2, 0.25) is 5.95 Å². The number of nitrogens with one attached hydrogen (secondary N) is 1. The van der Waals surface area contributed by atoms with E-state index in [1.807, 2.05) is 49.1 Å². The van der Waals surface area contributed by atoms with E-state index < -0.39 is 5.97 Å². The van der Waals surface area contributed by atoms with Crippen LogP contribution in [0, 0.1) is 0 Å². The number of rotatable bonds is 4. The van der Waals surface area contributed by atoms with E-state index in [1.165, 1.54) is 0 Å². The lowest BCUT2D eigenvalue weighted by Crippen LogP contribution is -2.34. The van der Waals surface area contributed by atoms with E-state index in [2.05, 4.69) is 25.5 Å². The van der Waals surface area contributed by atoms with Crippen LogP contribution in [-0.4, -0.2) is 51.4 Å². The Morgan fingerprint density at radius 2 is 1.84 bits per heavy atom. The minimum absolute atomic E-state index is 0.0526. The molecule has 31 heavy (non-hydrogen) atoms. The summed E-state index contributed by atoms with van der Waals surface area (Å²) in [5, 5.41) is 13.6. The van der Waals surface area contributed by atoms with Crippen molar-refractivity contribution in [3.63, 3.8) is 0 Å². The Bertz CT molecular complexity index is 1420. The highest BCUT2D eigenvalue weighted by atomic mass is 16.4. The number of anilines is 2. The van der Waals surface area contributed by atoms with Gasteiger partial charge in [-0.1, -0.05) is 0 Å². The van der Waals surface area contributed by atoms with Gasteiger partial charge in [-0.15, -0.1) is 0 Å². The molecule has 6 aromatic rings. The van der Waals surface area contributed by atoms with E-state index in [9.17, 15) is 9.90 Å². The van der Waals surface area contributed by atoms with Crippen molar-refractivity contribution in [1.82, 2.24) is 33.8 Å². The largest absolute Gasteiger partial charge is 0.476 e. The monoisotopic (exact) mass is 415 g/mol. The van der Waals surface area contributed by atoms with Gasteiger partial charge in [-0.2, -0.15) is 10.1 Å². The molecule has 0 fully saturated rings. The Balaban J connectivity index is 1.32. The Morgan fingerprint density at radius 3 is 2.68 bits per heavy atom. The number of benzene rings is 1. The average Bonchev–Trinajstić information content (AvgIpc) is 3.45. The van der Waals surface area contributed by atoms with Crippen LogP contribution < -0.4 is 10.3 Å². The summed E-state index contributed by atoms with van der Waals surface area (Å²) in [7, 11) is 0. The molecule has 0 amide bonds. The number of hydrogen-bond acceptors (Lipinski definition) is 7. The first kappa shape index (κ1) is 17.4. The molecule has 7 rings (SSSR count). The molecule has 0 aliphatic carbocycles. The molecular formula is C20H17N9O2. The van der Waals surface area contributed by atoms with Gasteiger partial charge in [0.25, 0.3) is 0 Å². The van der Waals surface area contributed by atoms with Crippen molar-refractivity contribution < 1.29 is 9.90 Å². The van der Waals surface area contributed by atoms with Crippen LogP contribution in [0.2, 0.25) is 0 Å². The minimum atomic E-state index is -1.03. The second-order valence-corrected chi connectivity index (χ2v) is 7.31. The average molecular weight is 415 g/mol. The highest BCUT2D eigenvalue weighted by Gasteiger charge is 2.22. The van der Waals surface area contributed by atoms with Gasteiger partial charge in [0.1, 0.15) is 11.3 Å². The molecular weight excluding hydrogens is 398 g/mol. The Labute approximate surface area is 175 Å². The summed E-state index contributed by atoms with van der Waals surface area (Å²) in [5.41, 5.74) is 6.26. The smallest absolute Gasteiger partial charge is 0.356 e. The number of aromatic carboxylic acids is 1. The molecule has 1 aliphatic heterocycles. The molecule has 11 nitrogen and oxygen atoms in total. The van der Waals surface area contributed by atoms with Gasteiger partial charge in [0.05, 0.1) is 30.0 Å². The Kier molecular flexibility index (Phi) is 3.69. The van der Waals surface area contributed by atoms with Gasteiger partial charge < -0.3 is 14.6 Å². The topological polar surface area (TPSA) is 118 Å². The summed E-state index contributed by atoms with van der Waals surface area (Å²) in [5.74, 6) is 0.833. The van der Waals surface area contributed by atoms with Crippen LogP contribution in [0.4, 0.5) is 11.8 Å². The van der Waals surface area contributed by atoms with Crippen LogP contribution in [0.25, 0.3) is 16.6 Å². The quantitative estimate of drug-likeness (QED) is 0.457. The molecule has 1 aromatic carbocycles. The minimum Gasteiger partial charge on any atom is -0.476 e. The summed E-state index contributed by atoms with van der Waals surface area (Å²) in [4.78, 5) is 26.5. The van der Waals surface area contributed by atoms with E-state index in [4.69, 9.17) is 0 Å². The van der Waals surface area contributed by atoms with Crippen LogP contribution in [0.15, 0.2) is 55.1 Å². The first-order chi connectivity index (χ1) is 15.1. The zero-order valence-electron chi connectivity index (χ0n) is 16.3. The van der Waals surface area contributed by atoms with Gasteiger partial charge >= 0.3 is 5.97 Å². The molecule has 11 heteroatoms. The Hall–Kier alpha value is -4.41. The van der Waals surface area contributed by atoms with Crippen molar-refractivity contribution in [3.05, 3.63) is 66.6 Å². The highest BCUT2D eigenvalue weighted by molar-refractivity contribution is 5.85. The molecule has 6 heterocycles. The number of fused-ring (bicyclic) bond motifs is 3. The third-order valence-electron chi connectivity index (χ3n) is 5.37. The third-order valence-corrected chi connectivity index (χ3v) is 5.37. The maximum atomic E-state index is 11.2. The predicted octanol–water partition coefficient (Wildman–Crippen LogP) is 1.87. The maximum absolute atomic E-state index is 11.2. The van der Waals surface area contributed by atoms with Crippen LogP contribution in [0.3, 0.4) is 0 Å². The molecule has 5 aromatic heterocycles. The van der Waals surface area contributed by atoms with Crippen LogP contribution in [-0.2, 0) is 13.1 Å². The summed E-state index contributed by atoms with van der Waals surface area (Å²) in [6, 6.07) is 9.85. The number of hydrogen-bond donors (Lipinski definition) is 2. The molecule has 154 valence electrons. The standard InChI is InChI=1S/C20H17N9O2/c30-19(31)16-11-26-7-8-27(12-18(26)23-16)20-21-6-5-17(24-20)25-29-14-3-1-13(2-4-14)28-10-15(29)9-22-28/h1-6,9-11H,7-8,12H2,(H,30,31)(H,21,24,25). The molecule has 2 N–H and O–H groups in total. The molecule has 0 saturated carbocycles. The van der Waals surface area contributed by atoms with E-state index in [0.717, 1.165) is 16.6 Å². The number of carbonyl (C=O) groups is 1. The molecule has 0 atom stereocenters. The molecule has 0 spiro atoms. The molecule has 4 bridgehead atoms. The fourth-order valence-corrected chi connectivity index (χ4v) is 3.81. The number of carboxylic acid groups (broad SMARTS) is 1. The van der Waals surface area contributed by atoms with Gasteiger partial charge in [-0.3, -0.25) is 10.1 Å². The van der Waals surface area contributed by atoms with Crippen molar-refractivity contribution in [2.75, 3.05) is 16.9 Å². The summed E-state index contributed by atoms with van der Waals surface area (Å²) in [6.45, 7) is 1.72. The van der Waals surface area contributed by atoms with Crippen LogP contribution in [0.1, 0.15) is 16.3 Å². The first-order valence-electron chi connectivity index (χ1n) is 9.73. The van der Waals surface area contributed by atoms with E-state index in [1.54, 1.807) is 24.7 Å². The maximum Gasteiger partial charge on any atom is 0.356 e. The molecule has 0 saturated heterocycles. The molecule has 0 unspecified atom stereocenters. The number of nitrogens with zero attached hydrogens (tertiary/aromatic N) is 8. The summed E-state index contributed by atoms with van der Waals surface area (Å²) < 4.78 is 5.60. The zero-order valence-corrected chi connectivity index (χ0v) is 16.3. The van der Waals surface area contributed by atoms with Crippen LogP contribution in [0.5, 0.6) is 0 Å². The molecule has 1 aliphatic rings. The lowest BCUT2D eigenvalue weighted by molar-refractivity contribution is 0.0691. The summed E-state index contributed by atoms with van der Waals surface area (Å²) in [6.07, 6.45) is 7.01. The van der Waals surface area contributed by atoms with Gasteiger partial charge in [-0.05, 0) is 24.3 Å². The number of carboxylic acids is 1. The van der Waals surface area contributed by atoms with E-state index in [0.29, 0.717) is 37.2 Å². The van der Waals surface area contributed by atoms with Crippen molar-refractivity contribution in [2.45, 2.75) is 13.1 Å². The zero-order chi connectivity index (χ0) is 20.9. The van der Waals surface area contributed by atoms with Crippen molar-refractivity contribution >= 4 is 34.3 Å². The van der Waals surface area contributed by atoms with Crippen molar-refractivity contribution in [3.8, 4) is 0 Å². The third kappa shape index (κ3) is 2.94. The lowest BCUT2D eigenvalue weighted by atomic mass is 10.3. The van der Waals surface area contributed by atoms with Gasteiger partial charge in [-0.25, -0.2) is 19.3 Å². The second-order valence-electron chi connectivity index (χ2n) is 7.31. The van der Waals surface area contributed by atoms with E-state index in [-0.39, 0.29) is 5.69 Å². The normalized spacial score (nSPS) is 13.6. The molecule has 0 radical (unpaired) electrons. The highest BCUT2D eigenvalue weighted by Crippen LogP contribution is 2.20. The first-order valence-corrected chi connectivity index (χ1v) is 9.73. The Morgan fingerprint density at radius 1 is 1.00 bits per heavy atom. The number of aromatic nitrogens is 7. The lowest BCUT2D eigenvalue weighted by Gasteiger charge is -2.27. The van der Waals surface area contributed by atoms with Gasteiger partial charge in [0, 0.05) is 31.5 Å². The van der Waals surface area contributed by atoms with Gasteiger partial charge in [0.15, 0.2) is 11.5 Å². The summed E-state index contributed by atoms with van der Waals surface area (Å²) >= 11 is 0. The predicted molar refractivity (Wildman–Crippen MR) is 112 cm³/mol. The fourth-order valence-electron chi connectivity index (χ4n) is 3.81. The van der Waals surface area contributed by atoms with Crippen molar-refractivity contribution in [1.29, 1.82) is 0 Å². The number of imidazole rings is 1. The fraction of sp³-hybridized carbons (Fsp3) is 0.150. The van der Waals surface area contributed by atoms with E-state index >= 15 is 0 Å². The SMILES string of the molecule is O=C(O)c1cn2c(n1)CN(c1nccc(Nn3c4ccc(cc4)n4cc3cn4)n1)CC2. The van der Waals surface area contributed by atoms with Crippen molar-refractivity contribution in [2.24, 2.45) is 0 Å². The second kappa shape index (κ2) is 6.55. The van der Waals surface area contributed by atoms with Crippen LogP contribution >= 0.6 is 0 Å².